The third-order valence-electron chi connectivity index (χ3n) is 2.98. The van der Waals surface area contributed by atoms with Crippen LogP contribution < -0.4 is 0 Å². The Labute approximate surface area is 124 Å². The van der Waals surface area contributed by atoms with Crippen molar-refractivity contribution in [3.63, 3.8) is 0 Å². The molecule has 4 nitrogen and oxygen atoms in total. The van der Waals surface area contributed by atoms with Crippen LogP contribution in [0, 0.1) is 0 Å². The van der Waals surface area contributed by atoms with Crippen LogP contribution in [0.5, 0.6) is 0 Å². The van der Waals surface area contributed by atoms with Crippen molar-refractivity contribution in [3.8, 4) is 0 Å². The summed E-state index contributed by atoms with van der Waals surface area (Å²) < 4.78 is 10.2. The van der Waals surface area contributed by atoms with Gasteiger partial charge in [-0.3, -0.25) is 9.59 Å². The van der Waals surface area contributed by atoms with Crippen LogP contribution in [-0.2, 0) is 24.5 Å². The second-order valence-corrected chi connectivity index (χ2v) is 4.53. The van der Waals surface area contributed by atoms with E-state index in [-0.39, 0.29) is 25.5 Å². The Kier molecular flexibility index (Phi) is 6.52. The summed E-state index contributed by atoms with van der Waals surface area (Å²) in [6.07, 6.45) is 0.135. The van der Waals surface area contributed by atoms with Gasteiger partial charge in [0.1, 0.15) is 0 Å². The molecule has 0 atom stereocenters. The molecule has 0 amide bonds. The fraction of sp³-hybridized carbons (Fsp3) is 0.467. The molecule has 0 radical (unpaired) electrons. The number of benzene rings is 1. The summed E-state index contributed by atoms with van der Waals surface area (Å²) in [4.78, 5) is 24.8. The van der Waals surface area contributed by atoms with Crippen LogP contribution in [0.15, 0.2) is 30.3 Å². The van der Waals surface area contributed by atoms with Crippen molar-refractivity contribution in [2.45, 2.75) is 25.7 Å². The lowest BCUT2D eigenvalue weighted by Gasteiger charge is -2.28. The van der Waals surface area contributed by atoms with Gasteiger partial charge in [0.2, 0.25) is 0 Å². The van der Waals surface area contributed by atoms with Gasteiger partial charge in [0, 0.05) is 5.88 Å². The first-order valence-electron chi connectivity index (χ1n) is 6.59. The summed E-state index contributed by atoms with van der Waals surface area (Å²) in [5.74, 6) is -1.09. The highest BCUT2D eigenvalue weighted by Crippen LogP contribution is 2.32. The van der Waals surface area contributed by atoms with Crippen LogP contribution in [0.25, 0.3) is 0 Å². The number of esters is 2. The van der Waals surface area contributed by atoms with Crippen molar-refractivity contribution in [1.29, 1.82) is 0 Å². The Hall–Kier alpha value is -1.55. The van der Waals surface area contributed by atoms with Crippen molar-refractivity contribution in [1.82, 2.24) is 0 Å². The molecule has 5 heteroatoms. The van der Waals surface area contributed by atoms with Crippen molar-refractivity contribution < 1.29 is 19.1 Å². The zero-order chi connectivity index (χ0) is 15.0. The van der Waals surface area contributed by atoms with Crippen molar-refractivity contribution in [2.75, 3.05) is 19.1 Å². The van der Waals surface area contributed by atoms with E-state index >= 15 is 0 Å². The summed E-state index contributed by atoms with van der Waals surface area (Å²) in [5.41, 5.74) is -0.952. The maximum Gasteiger partial charge on any atom is 0.328 e. The van der Waals surface area contributed by atoms with Crippen LogP contribution in [0.2, 0.25) is 0 Å². The zero-order valence-corrected chi connectivity index (χ0v) is 12.5. The number of alkyl halides is 1. The minimum absolute atomic E-state index is 0.135. The van der Waals surface area contributed by atoms with E-state index in [0.717, 1.165) is 0 Å². The summed E-state index contributed by atoms with van der Waals surface area (Å²) in [5, 5.41) is 0. The molecule has 0 saturated heterocycles. The molecule has 0 aliphatic rings. The largest absolute Gasteiger partial charge is 0.465 e. The van der Waals surface area contributed by atoms with Crippen LogP contribution in [-0.4, -0.2) is 31.0 Å². The van der Waals surface area contributed by atoms with Crippen LogP contribution >= 0.6 is 11.6 Å². The smallest absolute Gasteiger partial charge is 0.328 e. The molecule has 0 spiro atoms. The molecule has 1 rings (SSSR count). The number of hydrogen-bond acceptors (Lipinski definition) is 4. The van der Waals surface area contributed by atoms with Crippen molar-refractivity contribution in [3.05, 3.63) is 35.9 Å². The number of halogens is 1. The van der Waals surface area contributed by atoms with E-state index in [1.807, 2.05) is 6.07 Å². The Morgan fingerprint density at radius 1 is 1.05 bits per heavy atom. The number of rotatable bonds is 7. The normalized spacial score (nSPS) is 10.9. The molecule has 0 N–H and O–H groups in total. The fourth-order valence-corrected chi connectivity index (χ4v) is 2.32. The van der Waals surface area contributed by atoms with Gasteiger partial charge in [-0.05, 0) is 25.8 Å². The second-order valence-electron chi connectivity index (χ2n) is 4.15. The maximum absolute atomic E-state index is 12.4. The molecule has 0 unspecified atom stereocenters. The number of carbonyl (C=O) groups is 2. The lowest BCUT2D eigenvalue weighted by molar-refractivity contribution is -0.165. The topological polar surface area (TPSA) is 52.6 Å². The van der Waals surface area contributed by atoms with E-state index in [9.17, 15) is 9.59 Å². The maximum atomic E-state index is 12.4. The molecule has 0 heterocycles. The molecule has 1 aromatic carbocycles. The molecule has 0 aromatic heterocycles. The average molecular weight is 299 g/mol. The SMILES string of the molecule is CCOC(=O)C(CCCl)(C(=O)OCC)c1ccccc1. The minimum Gasteiger partial charge on any atom is -0.465 e. The molecular weight excluding hydrogens is 280 g/mol. The highest BCUT2D eigenvalue weighted by atomic mass is 35.5. The van der Waals surface area contributed by atoms with Gasteiger partial charge in [-0.15, -0.1) is 11.6 Å². The number of carbonyl (C=O) groups excluding carboxylic acids is 2. The van der Waals surface area contributed by atoms with E-state index in [1.165, 1.54) is 0 Å². The van der Waals surface area contributed by atoms with Gasteiger partial charge >= 0.3 is 11.9 Å². The Morgan fingerprint density at radius 3 is 1.95 bits per heavy atom. The van der Waals surface area contributed by atoms with Crippen LogP contribution in [0.4, 0.5) is 0 Å². The number of hydrogen-bond donors (Lipinski definition) is 0. The van der Waals surface area contributed by atoms with Gasteiger partial charge in [0.05, 0.1) is 13.2 Å². The second kappa shape index (κ2) is 7.90. The van der Waals surface area contributed by atoms with E-state index in [4.69, 9.17) is 21.1 Å². The third kappa shape index (κ3) is 3.31. The Bertz CT molecular complexity index is 426. The van der Waals surface area contributed by atoms with Gasteiger partial charge in [0.25, 0.3) is 0 Å². The fourth-order valence-electron chi connectivity index (χ4n) is 2.04. The third-order valence-corrected chi connectivity index (χ3v) is 3.17. The Balaban J connectivity index is 3.33. The summed E-state index contributed by atoms with van der Waals surface area (Å²) in [6, 6.07) is 8.75. The Morgan fingerprint density at radius 2 is 1.55 bits per heavy atom. The van der Waals surface area contributed by atoms with E-state index in [2.05, 4.69) is 0 Å². The minimum atomic E-state index is -1.49. The standard InChI is InChI=1S/C15H19ClO4/c1-3-19-13(17)15(10-11-16,14(18)20-4-2)12-8-6-5-7-9-12/h5-9H,3-4,10-11H2,1-2H3. The monoisotopic (exact) mass is 298 g/mol. The predicted octanol–water partition coefficient (Wildman–Crippen LogP) is 2.68. The lowest BCUT2D eigenvalue weighted by atomic mass is 9.78. The molecule has 1 aromatic rings. The van der Waals surface area contributed by atoms with E-state index < -0.39 is 17.4 Å². The van der Waals surface area contributed by atoms with Crippen LogP contribution in [0.1, 0.15) is 25.8 Å². The van der Waals surface area contributed by atoms with Crippen LogP contribution in [0.3, 0.4) is 0 Å². The molecule has 0 saturated carbocycles. The van der Waals surface area contributed by atoms with Crippen molar-refractivity contribution >= 4 is 23.5 Å². The average Bonchev–Trinajstić information content (AvgIpc) is 2.46. The number of ether oxygens (including phenoxy) is 2. The molecule has 20 heavy (non-hydrogen) atoms. The van der Waals surface area contributed by atoms with Crippen molar-refractivity contribution in [2.24, 2.45) is 0 Å². The van der Waals surface area contributed by atoms with Gasteiger partial charge in [0.15, 0.2) is 5.41 Å². The van der Waals surface area contributed by atoms with E-state index in [0.29, 0.717) is 5.56 Å². The summed E-state index contributed by atoms with van der Waals surface area (Å²) in [6.45, 7) is 3.77. The highest BCUT2D eigenvalue weighted by Gasteiger charge is 2.49. The summed E-state index contributed by atoms with van der Waals surface area (Å²) in [7, 11) is 0. The molecule has 0 fully saturated rings. The zero-order valence-electron chi connectivity index (χ0n) is 11.7. The first-order chi connectivity index (χ1) is 9.63. The predicted molar refractivity (Wildman–Crippen MR) is 76.7 cm³/mol. The molecular formula is C15H19ClO4. The lowest BCUT2D eigenvalue weighted by Crippen LogP contribution is -2.46. The van der Waals surface area contributed by atoms with Gasteiger partial charge in [-0.25, -0.2) is 0 Å². The highest BCUT2D eigenvalue weighted by molar-refractivity contribution is 6.18. The molecule has 0 aliphatic carbocycles. The first kappa shape index (κ1) is 16.5. The molecule has 110 valence electrons. The molecule has 0 aliphatic heterocycles. The quantitative estimate of drug-likeness (QED) is 0.441. The van der Waals surface area contributed by atoms with Gasteiger partial charge < -0.3 is 9.47 Å². The summed E-state index contributed by atoms with van der Waals surface area (Å²) >= 11 is 5.81. The molecule has 0 bridgehead atoms. The van der Waals surface area contributed by atoms with E-state index in [1.54, 1.807) is 38.1 Å². The van der Waals surface area contributed by atoms with Gasteiger partial charge in [-0.2, -0.15) is 0 Å². The first-order valence-corrected chi connectivity index (χ1v) is 7.12. The van der Waals surface area contributed by atoms with Gasteiger partial charge in [-0.1, -0.05) is 30.3 Å².